The lowest BCUT2D eigenvalue weighted by atomic mass is 10.1. The lowest BCUT2D eigenvalue weighted by Gasteiger charge is -2.13. The molecule has 0 aliphatic rings. The molecule has 5 nitrogen and oxygen atoms in total. The minimum absolute atomic E-state index is 0.115. The van der Waals surface area contributed by atoms with Crippen LogP contribution in [0, 0.1) is 12.7 Å². The summed E-state index contributed by atoms with van der Waals surface area (Å²) in [6, 6.07) is 12.4. The summed E-state index contributed by atoms with van der Waals surface area (Å²) in [5, 5.41) is 9.00. The Morgan fingerprint density at radius 3 is 2.36 bits per heavy atom. The first-order chi connectivity index (χ1) is 12.0. The highest BCUT2D eigenvalue weighted by atomic mass is 19.1. The van der Waals surface area contributed by atoms with E-state index in [-0.39, 0.29) is 11.7 Å². The van der Waals surface area contributed by atoms with E-state index in [1.807, 2.05) is 24.3 Å². The summed E-state index contributed by atoms with van der Waals surface area (Å²) >= 11 is 0. The van der Waals surface area contributed by atoms with E-state index in [4.69, 9.17) is 0 Å². The maximum Gasteiger partial charge on any atom is 0.251 e. The predicted molar refractivity (Wildman–Crippen MR) is 98.0 cm³/mol. The van der Waals surface area contributed by atoms with Gasteiger partial charge in [0, 0.05) is 32.7 Å². The van der Waals surface area contributed by atoms with Gasteiger partial charge in [-0.25, -0.2) is 4.39 Å². The Labute approximate surface area is 147 Å². The highest BCUT2D eigenvalue weighted by molar-refractivity contribution is 5.94. The summed E-state index contributed by atoms with van der Waals surface area (Å²) in [5.41, 5.74) is 3.19. The van der Waals surface area contributed by atoms with Crippen LogP contribution in [0.15, 0.2) is 47.5 Å². The van der Waals surface area contributed by atoms with Crippen LogP contribution in [0.5, 0.6) is 0 Å². The molecule has 2 aromatic carbocycles. The van der Waals surface area contributed by atoms with Gasteiger partial charge in [-0.05, 0) is 41.8 Å². The molecule has 0 unspecified atom stereocenters. The van der Waals surface area contributed by atoms with Crippen molar-refractivity contribution in [1.82, 2.24) is 16.0 Å². The maximum atomic E-state index is 13.3. The van der Waals surface area contributed by atoms with E-state index >= 15 is 0 Å². The second kappa shape index (κ2) is 8.82. The number of carbonyl (C=O) groups is 1. The van der Waals surface area contributed by atoms with Crippen molar-refractivity contribution in [2.24, 2.45) is 4.99 Å². The van der Waals surface area contributed by atoms with Crippen LogP contribution in [0.3, 0.4) is 0 Å². The molecule has 0 aliphatic heterocycles. The summed E-state index contributed by atoms with van der Waals surface area (Å²) in [7, 11) is 3.29. The molecule has 2 aromatic rings. The number of aryl methyl sites for hydroxylation is 1. The van der Waals surface area contributed by atoms with Gasteiger partial charge in [0.2, 0.25) is 0 Å². The van der Waals surface area contributed by atoms with Crippen LogP contribution in [0.2, 0.25) is 0 Å². The van der Waals surface area contributed by atoms with Crippen molar-refractivity contribution in [3.63, 3.8) is 0 Å². The fourth-order valence-corrected chi connectivity index (χ4v) is 2.38. The minimum atomic E-state index is -0.206. The highest BCUT2D eigenvalue weighted by Gasteiger charge is 2.05. The zero-order chi connectivity index (χ0) is 18.2. The number of rotatable bonds is 5. The number of benzene rings is 2. The Balaban J connectivity index is 1.92. The number of carbonyl (C=O) groups excluding carboxylic acids is 1. The van der Waals surface area contributed by atoms with E-state index in [9.17, 15) is 9.18 Å². The molecular formula is C19H23FN4O. The van der Waals surface area contributed by atoms with Gasteiger partial charge < -0.3 is 16.0 Å². The smallest absolute Gasteiger partial charge is 0.251 e. The van der Waals surface area contributed by atoms with Gasteiger partial charge in [-0.1, -0.05) is 24.3 Å². The Hall–Kier alpha value is -2.89. The molecule has 25 heavy (non-hydrogen) atoms. The third-order valence-electron chi connectivity index (χ3n) is 3.78. The molecule has 132 valence electrons. The van der Waals surface area contributed by atoms with Gasteiger partial charge >= 0.3 is 0 Å². The van der Waals surface area contributed by atoms with Crippen molar-refractivity contribution in [2.45, 2.75) is 20.0 Å². The average molecular weight is 342 g/mol. The van der Waals surface area contributed by atoms with Gasteiger partial charge in [0.1, 0.15) is 5.82 Å². The highest BCUT2D eigenvalue weighted by Crippen LogP contribution is 2.09. The van der Waals surface area contributed by atoms with Crippen LogP contribution in [-0.4, -0.2) is 26.0 Å². The van der Waals surface area contributed by atoms with Crippen molar-refractivity contribution in [3.05, 3.63) is 70.5 Å². The van der Waals surface area contributed by atoms with E-state index in [0.29, 0.717) is 30.2 Å². The summed E-state index contributed by atoms with van der Waals surface area (Å²) < 4.78 is 13.3. The maximum absolute atomic E-state index is 13.3. The number of hydrogen-bond donors (Lipinski definition) is 3. The molecule has 0 fully saturated rings. The largest absolute Gasteiger partial charge is 0.355 e. The molecule has 0 saturated heterocycles. The SMILES string of the molecule is CN=C(NCc1cccc(C(=O)NC)c1)NCc1ccc(F)c(C)c1. The Morgan fingerprint density at radius 2 is 1.76 bits per heavy atom. The lowest BCUT2D eigenvalue weighted by Crippen LogP contribution is -2.36. The van der Waals surface area contributed by atoms with E-state index in [2.05, 4.69) is 20.9 Å². The van der Waals surface area contributed by atoms with Crippen molar-refractivity contribution in [2.75, 3.05) is 14.1 Å². The van der Waals surface area contributed by atoms with Crippen LogP contribution in [0.25, 0.3) is 0 Å². The van der Waals surface area contributed by atoms with Gasteiger partial charge in [-0.2, -0.15) is 0 Å². The predicted octanol–water partition coefficient (Wildman–Crippen LogP) is 2.36. The Bertz CT molecular complexity index is 774. The standard InChI is InChI=1S/C19H23FN4O/c1-13-9-15(7-8-17(13)20)12-24-19(22-3)23-11-14-5-4-6-16(10-14)18(25)21-2/h4-10H,11-12H2,1-3H3,(H,21,25)(H2,22,23,24). The van der Waals surface area contributed by atoms with Crippen molar-refractivity contribution in [1.29, 1.82) is 0 Å². The van der Waals surface area contributed by atoms with Crippen LogP contribution >= 0.6 is 0 Å². The monoisotopic (exact) mass is 342 g/mol. The van der Waals surface area contributed by atoms with E-state index in [1.54, 1.807) is 33.2 Å². The molecule has 0 radical (unpaired) electrons. The average Bonchev–Trinajstić information content (AvgIpc) is 2.64. The summed E-state index contributed by atoms with van der Waals surface area (Å²) in [5.74, 6) is 0.311. The molecule has 0 saturated carbocycles. The van der Waals surface area contributed by atoms with Crippen LogP contribution in [0.4, 0.5) is 4.39 Å². The number of hydrogen-bond acceptors (Lipinski definition) is 2. The van der Waals surface area contributed by atoms with E-state index < -0.39 is 0 Å². The molecule has 1 amide bonds. The fraction of sp³-hybridized carbons (Fsp3) is 0.263. The third kappa shape index (κ3) is 5.31. The summed E-state index contributed by atoms with van der Waals surface area (Å²) in [6.45, 7) is 2.82. The van der Waals surface area contributed by atoms with Crippen molar-refractivity contribution in [3.8, 4) is 0 Å². The van der Waals surface area contributed by atoms with Crippen LogP contribution < -0.4 is 16.0 Å². The molecule has 0 spiro atoms. The van der Waals surface area contributed by atoms with Gasteiger partial charge in [-0.3, -0.25) is 9.79 Å². The van der Waals surface area contributed by atoms with E-state index in [0.717, 1.165) is 11.1 Å². The van der Waals surface area contributed by atoms with Gasteiger partial charge in [-0.15, -0.1) is 0 Å². The number of nitrogens with one attached hydrogen (secondary N) is 3. The third-order valence-corrected chi connectivity index (χ3v) is 3.78. The zero-order valence-electron chi connectivity index (χ0n) is 14.7. The molecule has 3 N–H and O–H groups in total. The number of aliphatic imine (C=N–C) groups is 1. The molecule has 0 aliphatic carbocycles. The number of halogens is 1. The van der Waals surface area contributed by atoms with Gasteiger partial charge in [0.05, 0.1) is 0 Å². The van der Waals surface area contributed by atoms with Gasteiger partial charge in [0.15, 0.2) is 5.96 Å². The lowest BCUT2D eigenvalue weighted by molar-refractivity contribution is 0.0963. The number of nitrogens with zero attached hydrogens (tertiary/aromatic N) is 1. The van der Waals surface area contributed by atoms with Crippen LogP contribution in [0.1, 0.15) is 27.0 Å². The second-order valence-corrected chi connectivity index (χ2v) is 5.64. The summed E-state index contributed by atoms with van der Waals surface area (Å²) in [4.78, 5) is 15.8. The second-order valence-electron chi connectivity index (χ2n) is 5.64. The molecular weight excluding hydrogens is 319 g/mol. The molecule has 0 heterocycles. The fourth-order valence-electron chi connectivity index (χ4n) is 2.38. The van der Waals surface area contributed by atoms with Gasteiger partial charge in [0.25, 0.3) is 5.91 Å². The first-order valence-electron chi connectivity index (χ1n) is 8.04. The topological polar surface area (TPSA) is 65.5 Å². The first-order valence-corrected chi connectivity index (χ1v) is 8.04. The van der Waals surface area contributed by atoms with Crippen molar-refractivity contribution >= 4 is 11.9 Å². The van der Waals surface area contributed by atoms with Crippen LogP contribution in [-0.2, 0) is 13.1 Å². The minimum Gasteiger partial charge on any atom is -0.355 e. The normalized spacial score (nSPS) is 11.1. The molecule has 0 bridgehead atoms. The molecule has 2 rings (SSSR count). The molecule has 6 heteroatoms. The quantitative estimate of drug-likeness (QED) is 0.577. The Kier molecular flexibility index (Phi) is 6.51. The molecule has 0 atom stereocenters. The van der Waals surface area contributed by atoms with Crippen molar-refractivity contribution < 1.29 is 9.18 Å². The number of amides is 1. The van der Waals surface area contributed by atoms with E-state index in [1.165, 1.54) is 6.07 Å². The Morgan fingerprint density at radius 1 is 1.08 bits per heavy atom. The summed E-state index contributed by atoms with van der Waals surface area (Å²) in [6.07, 6.45) is 0. The molecule has 0 aromatic heterocycles. The number of guanidine groups is 1. The zero-order valence-corrected chi connectivity index (χ0v) is 14.7. The first kappa shape index (κ1) is 18.4.